The van der Waals surface area contributed by atoms with E-state index in [-0.39, 0.29) is 17.8 Å². The van der Waals surface area contributed by atoms with Crippen LogP contribution < -0.4 is 5.32 Å². The Hall–Kier alpha value is -2.37. The van der Waals surface area contributed by atoms with Crippen molar-refractivity contribution in [1.29, 1.82) is 0 Å². The zero-order valence-corrected chi connectivity index (χ0v) is 15.6. The molecule has 1 N–H and O–H groups in total. The number of imidazole rings is 1. The third-order valence-corrected chi connectivity index (χ3v) is 5.83. The Labute approximate surface area is 159 Å². The summed E-state index contributed by atoms with van der Waals surface area (Å²) in [5.41, 5.74) is 0.771. The second-order valence-electron chi connectivity index (χ2n) is 7.81. The van der Waals surface area contributed by atoms with E-state index in [2.05, 4.69) is 21.1 Å². The molecule has 2 aromatic rings. The van der Waals surface area contributed by atoms with Gasteiger partial charge in [-0.15, -0.1) is 0 Å². The van der Waals surface area contributed by atoms with Gasteiger partial charge in [0.15, 0.2) is 0 Å². The van der Waals surface area contributed by atoms with Crippen molar-refractivity contribution < 1.29 is 9.18 Å². The van der Waals surface area contributed by atoms with Crippen molar-refractivity contribution >= 4 is 6.03 Å². The van der Waals surface area contributed by atoms with Gasteiger partial charge in [0.05, 0.1) is 0 Å². The van der Waals surface area contributed by atoms with Crippen LogP contribution >= 0.6 is 0 Å². The molecule has 1 aromatic heterocycles. The molecule has 27 heavy (non-hydrogen) atoms. The summed E-state index contributed by atoms with van der Waals surface area (Å²) < 4.78 is 15.6. The maximum atomic E-state index is 13.3. The summed E-state index contributed by atoms with van der Waals surface area (Å²) in [7, 11) is 0. The maximum absolute atomic E-state index is 13.3. The SMILES string of the molecule is O=C(NCc1cccc(F)c1)N1CCC[C@@H](c2nccn2CC2CCC2)C1. The fourth-order valence-corrected chi connectivity index (χ4v) is 4.10. The molecule has 1 aliphatic carbocycles. The van der Waals surface area contributed by atoms with E-state index in [0.29, 0.717) is 13.1 Å². The van der Waals surface area contributed by atoms with Crippen LogP contribution in [0.15, 0.2) is 36.7 Å². The van der Waals surface area contributed by atoms with E-state index < -0.39 is 0 Å². The van der Waals surface area contributed by atoms with Crippen LogP contribution in [-0.4, -0.2) is 33.6 Å². The van der Waals surface area contributed by atoms with Gasteiger partial charge in [0.2, 0.25) is 0 Å². The van der Waals surface area contributed by atoms with Crippen LogP contribution in [-0.2, 0) is 13.1 Å². The standard InChI is InChI=1S/C21H27FN4O/c22-19-8-2-6-17(12-19)13-24-21(27)26-10-3-7-18(15-26)20-23-9-11-25(20)14-16-4-1-5-16/h2,6,8-9,11-12,16,18H,1,3-5,7,10,13-15H2,(H,24,27)/t18-/m1/s1. The Bertz CT molecular complexity index is 786. The first kappa shape index (κ1) is 18.0. The summed E-state index contributed by atoms with van der Waals surface area (Å²) in [6.45, 7) is 2.84. The number of likely N-dealkylation sites (tertiary alicyclic amines) is 1. The Morgan fingerprint density at radius 2 is 2.15 bits per heavy atom. The molecule has 1 aromatic carbocycles. The van der Waals surface area contributed by atoms with Crippen molar-refractivity contribution in [2.24, 2.45) is 5.92 Å². The number of benzene rings is 1. The van der Waals surface area contributed by atoms with Crippen molar-refractivity contribution in [2.45, 2.75) is 51.1 Å². The van der Waals surface area contributed by atoms with Crippen LogP contribution in [0, 0.1) is 11.7 Å². The third kappa shape index (κ3) is 4.31. The molecule has 0 unspecified atom stereocenters. The molecular formula is C21H27FN4O. The van der Waals surface area contributed by atoms with Crippen molar-refractivity contribution in [2.75, 3.05) is 13.1 Å². The first-order chi connectivity index (χ1) is 13.2. The number of carbonyl (C=O) groups excluding carboxylic acids is 1. The minimum Gasteiger partial charge on any atom is -0.334 e. The molecule has 6 heteroatoms. The first-order valence-corrected chi connectivity index (χ1v) is 9.97. The predicted molar refractivity (Wildman–Crippen MR) is 102 cm³/mol. The van der Waals surface area contributed by atoms with E-state index in [1.54, 1.807) is 6.07 Å². The summed E-state index contributed by atoms with van der Waals surface area (Å²) >= 11 is 0. The lowest BCUT2D eigenvalue weighted by atomic mass is 9.85. The summed E-state index contributed by atoms with van der Waals surface area (Å²) in [6, 6.07) is 6.26. The molecule has 2 fully saturated rings. The summed E-state index contributed by atoms with van der Waals surface area (Å²) in [4.78, 5) is 19.1. The minimum atomic E-state index is -0.280. The highest BCUT2D eigenvalue weighted by atomic mass is 19.1. The van der Waals surface area contributed by atoms with Crippen LogP contribution in [0.1, 0.15) is 49.4 Å². The van der Waals surface area contributed by atoms with Crippen molar-refractivity contribution in [3.8, 4) is 0 Å². The van der Waals surface area contributed by atoms with E-state index in [0.717, 1.165) is 43.2 Å². The lowest BCUT2D eigenvalue weighted by Crippen LogP contribution is -2.45. The van der Waals surface area contributed by atoms with E-state index >= 15 is 0 Å². The monoisotopic (exact) mass is 370 g/mol. The molecule has 0 radical (unpaired) electrons. The van der Waals surface area contributed by atoms with Gasteiger partial charge in [0.1, 0.15) is 11.6 Å². The second-order valence-corrected chi connectivity index (χ2v) is 7.81. The number of amides is 2. The zero-order valence-electron chi connectivity index (χ0n) is 15.6. The molecule has 4 rings (SSSR count). The van der Waals surface area contributed by atoms with Gasteiger partial charge in [-0.25, -0.2) is 14.2 Å². The van der Waals surface area contributed by atoms with Gasteiger partial charge in [0, 0.05) is 44.5 Å². The highest BCUT2D eigenvalue weighted by molar-refractivity contribution is 5.74. The lowest BCUT2D eigenvalue weighted by molar-refractivity contribution is 0.176. The summed E-state index contributed by atoms with van der Waals surface area (Å²) in [5, 5.41) is 2.92. The summed E-state index contributed by atoms with van der Waals surface area (Å²) in [6.07, 6.45) is 9.99. The number of hydrogen-bond acceptors (Lipinski definition) is 2. The average Bonchev–Trinajstić information content (AvgIpc) is 3.11. The fourth-order valence-electron chi connectivity index (χ4n) is 4.10. The molecule has 1 saturated carbocycles. The van der Waals surface area contributed by atoms with Gasteiger partial charge < -0.3 is 14.8 Å². The van der Waals surface area contributed by atoms with Gasteiger partial charge in [-0.05, 0) is 49.3 Å². The number of aromatic nitrogens is 2. The molecular weight excluding hydrogens is 343 g/mol. The maximum Gasteiger partial charge on any atom is 0.317 e. The molecule has 0 spiro atoms. The average molecular weight is 370 g/mol. The van der Waals surface area contributed by atoms with Crippen molar-refractivity contribution in [3.05, 3.63) is 53.9 Å². The molecule has 1 atom stereocenters. The molecule has 1 aliphatic heterocycles. The minimum absolute atomic E-state index is 0.0824. The van der Waals surface area contributed by atoms with E-state index in [1.807, 2.05) is 17.2 Å². The van der Waals surface area contributed by atoms with Gasteiger partial charge in [0.25, 0.3) is 0 Å². The van der Waals surface area contributed by atoms with Crippen LogP contribution in [0.25, 0.3) is 0 Å². The third-order valence-electron chi connectivity index (χ3n) is 5.83. The topological polar surface area (TPSA) is 50.2 Å². The van der Waals surface area contributed by atoms with Gasteiger partial charge in [-0.1, -0.05) is 18.6 Å². The largest absolute Gasteiger partial charge is 0.334 e. The van der Waals surface area contributed by atoms with Gasteiger partial charge in [-0.2, -0.15) is 0 Å². The predicted octanol–water partition coefficient (Wildman–Crippen LogP) is 3.91. The fraction of sp³-hybridized carbons (Fsp3) is 0.524. The Morgan fingerprint density at radius 3 is 2.93 bits per heavy atom. The Balaban J connectivity index is 1.35. The Morgan fingerprint density at radius 1 is 1.26 bits per heavy atom. The Kier molecular flexibility index (Phi) is 5.41. The van der Waals surface area contributed by atoms with Crippen LogP contribution in [0.3, 0.4) is 0 Å². The number of nitrogens with one attached hydrogen (secondary N) is 1. The molecule has 1 saturated heterocycles. The normalized spacial score (nSPS) is 20.3. The van der Waals surface area contributed by atoms with E-state index in [1.165, 1.54) is 31.4 Å². The van der Waals surface area contributed by atoms with Crippen LogP contribution in [0.4, 0.5) is 9.18 Å². The zero-order chi connectivity index (χ0) is 18.6. The van der Waals surface area contributed by atoms with E-state index in [4.69, 9.17) is 0 Å². The molecule has 2 amide bonds. The van der Waals surface area contributed by atoms with Crippen molar-refractivity contribution in [1.82, 2.24) is 19.8 Å². The number of urea groups is 1. The molecule has 0 bridgehead atoms. The van der Waals surface area contributed by atoms with E-state index in [9.17, 15) is 9.18 Å². The number of hydrogen-bond donors (Lipinski definition) is 1. The summed E-state index contributed by atoms with van der Waals surface area (Å²) in [5.74, 6) is 1.91. The first-order valence-electron chi connectivity index (χ1n) is 9.97. The van der Waals surface area contributed by atoms with Gasteiger partial charge in [-0.3, -0.25) is 0 Å². The molecule has 144 valence electrons. The number of piperidine rings is 1. The molecule has 5 nitrogen and oxygen atoms in total. The number of rotatable bonds is 5. The highest BCUT2D eigenvalue weighted by Gasteiger charge is 2.28. The smallest absolute Gasteiger partial charge is 0.317 e. The van der Waals surface area contributed by atoms with Crippen LogP contribution in [0.5, 0.6) is 0 Å². The number of nitrogens with zero attached hydrogens (tertiary/aromatic N) is 3. The lowest BCUT2D eigenvalue weighted by Gasteiger charge is -2.33. The van der Waals surface area contributed by atoms with Gasteiger partial charge >= 0.3 is 6.03 Å². The quantitative estimate of drug-likeness (QED) is 0.867. The number of carbonyl (C=O) groups is 1. The molecule has 2 aliphatic rings. The van der Waals surface area contributed by atoms with Crippen molar-refractivity contribution in [3.63, 3.8) is 0 Å². The second kappa shape index (κ2) is 8.11. The van der Waals surface area contributed by atoms with Crippen LogP contribution in [0.2, 0.25) is 0 Å². The highest BCUT2D eigenvalue weighted by Crippen LogP contribution is 2.31. The number of halogens is 1. The molecule has 2 heterocycles.